The van der Waals surface area contributed by atoms with Crippen molar-refractivity contribution in [2.45, 2.75) is 87.9 Å². The van der Waals surface area contributed by atoms with E-state index in [0.717, 1.165) is 43.4 Å². The average Bonchev–Trinajstić information content (AvgIpc) is 2.87. The highest BCUT2D eigenvalue weighted by atomic mass is 32.2. The Kier molecular flexibility index (Phi) is 15.3. The van der Waals surface area contributed by atoms with E-state index >= 15 is 0 Å². The Balaban J connectivity index is 0.00000352. The Labute approximate surface area is 233 Å². The van der Waals surface area contributed by atoms with E-state index in [0.29, 0.717) is 12.2 Å². The van der Waals surface area contributed by atoms with Gasteiger partial charge in [-0.3, -0.25) is 4.79 Å². The summed E-state index contributed by atoms with van der Waals surface area (Å²) in [6.07, 6.45) is 10.4. The third-order valence-electron chi connectivity index (χ3n) is 5.68. The molecule has 1 atom stereocenters. The molecule has 0 heterocycles. The van der Waals surface area contributed by atoms with Gasteiger partial charge < -0.3 is 15.3 Å². The number of hydrogen-bond donors (Lipinski definition) is 2. The van der Waals surface area contributed by atoms with Gasteiger partial charge in [-0.15, -0.1) is 11.8 Å². The van der Waals surface area contributed by atoms with E-state index in [-0.39, 0.29) is 28.7 Å². The monoisotopic (exact) mass is 572 g/mol. The summed E-state index contributed by atoms with van der Waals surface area (Å²) < 4.78 is 37.7. The quantitative estimate of drug-likeness (QED) is 0.204. The number of alkyl halides is 3. The summed E-state index contributed by atoms with van der Waals surface area (Å²) in [4.78, 5) is 27.1. The van der Waals surface area contributed by atoms with E-state index in [1.807, 2.05) is 30.9 Å². The number of hydrogen-bond acceptors (Lipinski definition) is 4. The molecular weight excluding hydrogens is 533 g/mol. The Hall–Kier alpha value is -2.33. The van der Waals surface area contributed by atoms with Gasteiger partial charge in [0, 0.05) is 28.1 Å². The van der Waals surface area contributed by atoms with Gasteiger partial charge in [0.15, 0.2) is 0 Å². The van der Waals surface area contributed by atoms with Gasteiger partial charge in [-0.2, -0.15) is 13.2 Å². The third-order valence-corrected chi connectivity index (χ3v) is 7.50. The molecule has 2 N–H and O–H groups in total. The molecule has 1 aromatic carbocycles. The van der Waals surface area contributed by atoms with E-state index < -0.39 is 16.7 Å². The van der Waals surface area contributed by atoms with Gasteiger partial charge in [0.05, 0.1) is 0 Å². The molecule has 2 rings (SSSR count). The van der Waals surface area contributed by atoms with Gasteiger partial charge >= 0.3 is 17.5 Å². The molecule has 10 heteroatoms. The first-order valence-electron chi connectivity index (χ1n) is 12.9. The van der Waals surface area contributed by atoms with Crippen molar-refractivity contribution in [3.05, 3.63) is 59.6 Å². The number of carbonyl (C=O) groups excluding carboxylic acids is 1. The average molecular weight is 573 g/mol. The number of unbranched alkanes of at least 4 members (excludes halogenated alkanes) is 1. The number of rotatable bonds is 11. The molecule has 0 radical (unpaired) electrons. The minimum Gasteiger partial charge on any atom is -0.480 e. The summed E-state index contributed by atoms with van der Waals surface area (Å²) in [5, 5.41) is 11.5. The predicted octanol–water partition coefficient (Wildman–Crippen LogP) is 9.10. The number of anilines is 1. The molecule has 1 aromatic rings. The lowest BCUT2D eigenvalue weighted by atomic mass is 9.89. The second-order valence-electron chi connectivity index (χ2n) is 8.49. The van der Waals surface area contributed by atoms with Gasteiger partial charge in [0.2, 0.25) is 0 Å². The van der Waals surface area contributed by atoms with Crippen molar-refractivity contribution >= 4 is 41.2 Å². The number of carbonyl (C=O) groups is 2. The first-order chi connectivity index (χ1) is 18.0. The number of aliphatic carboxylic acids is 1. The second kappa shape index (κ2) is 17.3. The topological polar surface area (TPSA) is 69.6 Å². The molecule has 1 unspecified atom stereocenters. The summed E-state index contributed by atoms with van der Waals surface area (Å²) in [5.74, 6) is -0.872. The van der Waals surface area contributed by atoms with Gasteiger partial charge in [0.1, 0.15) is 5.25 Å². The molecular formula is C28H39F3N2O3S2. The number of thioether (sulfide) groups is 2. The molecule has 2 amide bonds. The minimum atomic E-state index is -4.36. The number of nitrogens with zero attached hydrogens (tertiary/aromatic N) is 1. The van der Waals surface area contributed by atoms with Crippen LogP contribution in [-0.4, -0.2) is 45.4 Å². The number of nitrogens with one attached hydrogen (secondary N) is 1. The van der Waals surface area contributed by atoms with Crippen LogP contribution in [-0.2, 0) is 4.79 Å². The van der Waals surface area contributed by atoms with Gasteiger partial charge in [-0.25, -0.2) is 4.79 Å². The summed E-state index contributed by atoms with van der Waals surface area (Å²) in [7, 11) is 0. The smallest absolute Gasteiger partial charge is 0.446 e. The maximum absolute atomic E-state index is 13.1. The van der Waals surface area contributed by atoms with E-state index in [1.54, 1.807) is 13.0 Å². The SMILES string of the molecule is C=C/C=C(\C=C1CCC(N(CCCC)C(=O)Nc2ccc(SC(F)(F)F)cc2)CC1)SC(C)C(=O)O.CC. The molecule has 0 saturated heterocycles. The summed E-state index contributed by atoms with van der Waals surface area (Å²) >= 11 is 1.09. The van der Waals surface area contributed by atoms with Gasteiger partial charge in [-0.1, -0.05) is 45.4 Å². The van der Waals surface area contributed by atoms with Crippen LogP contribution in [0.2, 0.25) is 0 Å². The van der Waals surface area contributed by atoms with Crippen LogP contribution in [0.25, 0.3) is 0 Å². The largest absolute Gasteiger partial charge is 0.480 e. The highest BCUT2D eigenvalue weighted by Gasteiger charge is 2.29. The maximum atomic E-state index is 13.1. The first-order valence-corrected chi connectivity index (χ1v) is 14.6. The van der Waals surface area contributed by atoms with E-state index in [4.69, 9.17) is 0 Å². The van der Waals surface area contributed by atoms with Crippen molar-refractivity contribution in [2.75, 3.05) is 11.9 Å². The Morgan fingerprint density at radius 1 is 1.21 bits per heavy atom. The molecule has 1 aliphatic carbocycles. The fourth-order valence-electron chi connectivity index (χ4n) is 3.84. The Morgan fingerprint density at radius 3 is 2.32 bits per heavy atom. The van der Waals surface area contributed by atoms with Crippen LogP contribution in [0.3, 0.4) is 0 Å². The fourth-order valence-corrected chi connectivity index (χ4v) is 5.29. The molecule has 0 aromatic heterocycles. The van der Waals surface area contributed by atoms with Crippen LogP contribution in [0, 0.1) is 0 Å². The Morgan fingerprint density at radius 2 is 1.82 bits per heavy atom. The number of benzene rings is 1. The van der Waals surface area contributed by atoms with Crippen LogP contribution in [0.1, 0.15) is 66.2 Å². The molecule has 1 aliphatic rings. The van der Waals surface area contributed by atoms with Crippen LogP contribution in [0.5, 0.6) is 0 Å². The van der Waals surface area contributed by atoms with Crippen molar-refractivity contribution in [1.29, 1.82) is 0 Å². The normalized spacial score (nSPS) is 16.6. The standard InChI is InChI=1S/C26H33F3N2O3S2.C2H6/c1-4-6-16-31(25(34)30-20-10-14-22(15-11-20)36-26(27,28)29)21-12-8-19(9-13-21)17-23(7-5-2)35-18(3)24(32)33;1-2/h5,7,10-11,14-15,17-18,21H,2,4,6,8-9,12-13,16H2,1,3H3,(H,30,34)(H,32,33);1-2H3/b19-17?,23-7+;. The molecule has 212 valence electrons. The number of urea groups is 1. The lowest BCUT2D eigenvalue weighted by Gasteiger charge is -2.35. The molecule has 0 spiro atoms. The van der Waals surface area contributed by atoms with E-state index in [1.165, 1.54) is 41.6 Å². The van der Waals surface area contributed by atoms with Crippen LogP contribution in [0.15, 0.2) is 64.4 Å². The molecule has 38 heavy (non-hydrogen) atoms. The van der Waals surface area contributed by atoms with Crippen molar-refractivity contribution < 1.29 is 27.9 Å². The zero-order valence-corrected chi connectivity index (χ0v) is 24.1. The van der Waals surface area contributed by atoms with Crippen molar-refractivity contribution in [1.82, 2.24) is 4.90 Å². The zero-order valence-electron chi connectivity index (χ0n) is 22.5. The lowest BCUT2D eigenvalue weighted by Crippen LogP contribution is -2.44. The number of carboxylic acid groups (broad SMARTS) is 1. The molecule has 0 bridgehead atoms. The van der Waals surface area contributed by atoms with Gasteiger partial charge in [-0.05, 0) is 87.2 Å². The summed E-state index contributed by atoms with van der Waals surface area (Å²) in [5.41, 5.74) is -2.70. The highest BCUT2D eigenvalue weighted by molar-refractivity contribution is 8.04. The number of allylic oxidation sites excluding steroid dienone is 4. The number of halogens is 3. The van der Waals surface area contributed by atoms with Crippen molar-refractivity contribution in [3.63, 3.8) is 0 Å². The lowest BCUT2D eigenvalue weighted by molar-refractivity contribution is -0.136. The minimum absolute atomic E-state index is 0.0474. The van der Waals surface area contributed by atoms with Crippen LogP contribution >= 0.6 is 23.5 Å². The number of carboxylic acids is 1. The molecule has 5 nitrogen and oxygen atoms in total. The van der Waals surface area contributed by atoms with E-state index in [2.05, 4.69) is 18.8 Å². The summed E-state index contributed by atoms with van der Waals surface area (Å²) in [6, 6.07) is 5.45. The predicted molar refractivity (Wildman–Crippen MR) is 154 cm³/mol. The van der Waals surface area contributed by atoms with Gasteiger partial charge in [0.25, 0.3) is 0 Å². The van der Waals surface area contributed by atoms with E-state index in [9.17, 15) is 27.9 Å². The fraction of sp³-hybridized carbons (Fsp3) is 0.500. The molecule has 1 saturated carbocycles. The third kappa shape index (κ3) is 12.5. The highest BCUT2D eigenvalue weighted by Crippen LogP contribution is 2.37. The zero-order chi connectivity index (χ0) is 28.7. The summed E-state index contributed by atoms with van der Waals surface area (Å²) in [6.45, 7) is 12.0. The van der Waals surface area contributed by atoms with Crippen LogP contribution < -0.4 is 5.32 Å². The molecule has 1 fully saturated rings. The van der Waals surface area contributed by atoms with Crippen molar-refractivity contribution in [2.24, 2.45) is 0 Å². The van der Waals surface area contributed by atoms with Crippen molar-refractivity contribution in [3.8, 4) is 0 Å². The Bertz CT molecular complexity index is 953. The molecule has 0 aliphatic heterocycles. The van der Waals surface area contributed by atoms with Crippen LogP contribution in [0.4, 0.5) is 23.7 Å². The second-order valence-corrected chi connectivity index (χ2v) is 11.0. The maximum Gasteiger partial charge on any atom is 0.446 e. The number of amides is 2. The first kappa shape index (κ1) is 33.7.